The van der Waals surface area contributed by atoms with Crippen molar-refractivity contribution in [1.82, 2.24) is 9.55 Å². The number of aryl methyl sites for hydroxylation is 1. The Bertz CT molecular complexity index is 946. The molecule has 118 valence electrons. The lowest BCUT2D eigenvalue weighted by Gasteiger charge is -2.09. The molecule has 0 aliphatic heterocycles. The Balaban J connectivity index is 1.95. The van der Waals surface area contributed by atoms with Gasteiger partial charge in [-0.2, -0.15) is 0 Å². The molecule has 0 saturated heterocycles. The highest BCUT2D eigenvalue weighted by molar-refractivity contribution is 7.89. The molecule has 0 saturated carbocycles. The van der Waals surface area contributed by atoms with Crippen molar-refractivity contribution < 1.29 is 8.42 Å². The maximum Gasteiger partial charge on any atom is 0.238 e. The molecule has 0 amide bonds. The van der Waals surface area contributed by atoms with Crippen molar-refractivity contribution >= 4 is 10.0 Å². The first-order valence-electron chi connectivity index (χ1n) is 7.13. The first-order valence-corrected chi connectivity index (χ1v) is 8.68. The van der Waals surface area contributed by atoms with E-state index in [9.17, 15) is 8.42 Å². The maximum atomic E-state index is 11.5. The van der Waals surface area contributed by atoms with Crippen LogP contribution >= 0.6 is 0 Å². The summed E-state index contributed by atoms with van der Waals surface area (Å²) in [5, 5.41) is 5.19. The van der Waals surface area contributed by atoms with Crippen molar-refractivity contribution in [3.63, 3.8) is 0 Å². The average molecular weight is 327 g/mol. The number of benzene rings is 2. The van der Waals surface area contributed by atoms with Crippen LogP contribution in [0.25, 0.3) is 5.69 Å². The van der Waals surface area contributed by atoms with Gasteiger partial charge >= 0.3 is 0 Å². The average Bonchev–Trinajstić information content (AvgIpc) is 2.95. The number of sulfonamides is 1. The Morgan fingerprint density at radius 2 is 1.91 bits per heavy atom. The predicted octanol–water partition coefficient (Wildman–Crippen LogP) is 2.42. The Morgan fingerprint density at radius 3 is 2.65 bits per heavy atom. The summed E-state index contributed by atoms with van der Waals surface area (Å²) >= 11 is 0. The smallest absolute Gasteiger partial charge is 0.238 e. The second-order valence-electron chi connectivity index (χ2n) is 5.46. The van der Waals surface area contributed by atoms with E-state index in [1.165, 1.54) is 11.6 Å². The molecule has 0 spiro atoms. The SMILES string of the molecule is Cc1cccc(-n2cncc2Cc2cccc(S(N)(=O)=O)c2)c1. The normalized spacial score (nSPS) is 11.6. The molecular weight excluding hydrogens is 310 g/mol. The molecule has 0 aliphatic carbocycles. The molecular formula is C17H17N3O2S. The second kappa shape index (κ2) is 5.98. The molecule has 0 bridgehead atoms. The summed E-state index contributed by atoms with van der Waals surface area (Å²) in [7, 11) is -3.69. The lowest BCUT2D eigenvalue weighted by molar-refractivity contribution is 0.597. The van der Waals surface area contributed by atoms with Gasteiger partial charge in [-0.05, 0) is 42.3 Å². The van der Waals surface area contributed by atoms with Crippen LogP contribution in [0, 0.1) is 6.92 Å². The lowest BCUT2D eigenvalue weighted by atomic mass is 10.1. The van der Waals surface area contributed by atoms with E-state index in [0.29, 0.717) is 6.42 Å². The van der Waals surface area contributed by atoms with Gasteiger partial charge in [-0.3, -0.25) is 0 Å². The number of hydrogen-bond donors (Lipinski definition) is 1. The highest BCUT2D eigenvalue weighted by Crippen LogP contribution is 2.18. The van der Waals surface area contributed by atoms with E-state index >= 15 is 0 Å². The van der Waals surface area contributed by atoms with Crippen molar-refractivity contribution in [1.29, 1.82) is 0 Å². The standard InChI is InChI=1S/C17H17N3O2S/c1-13-4-2-6-15(8-13)20-12-19-11-16(20)9-14-5-3-7-17(10-14)23(18,21)22/h2-8,10-12H,9H2,1H3,(H2,18,21,22). The zero-order valence-electron chi connectivity index (χ0n) is 12.7. The second-order valence-corrected chi connectivity index (χ2v) is 7.02. The highest BCUT2D eigenvalue weighted by Gasteiger charge is 2.10. The van der Waals surface area contributed by atoms with Crippen LogP contribution in [0.3, 0.4) is 0 Å². The zero-order valence-corrected chi connectivity index (χ0v) is 13.5. The number of primary sulfonamides is 1. The molecule has 1 aromatic heterocycles. The Hall–Kier alpha value is -2.44. The van der Waals surface area contributed by atoms with Gasteiger partial charge in [-0.25, -0.2) is 18.5 Å². The molecule has 23 heavy (non-hydrogen) atoms. The van der Waals surface area contributed by atoms with Crippen molar-refractivity contribution in [2.75, 3.05) is 0 Å². The fourth-order valence-electron chi connectivity index (χ4n) is 2.51. The minimum absolute atomic E-state index is 0.122. The van der Waals surface area contributed by atoms with Crippen LogP contribution in [0.4, 0.5) is 0 Å². The van der Waals surface area contributed by atoms with Crippen molar-refractivity contribution in [3.05, 3.63) is 77.9 Å². The third-order valence-electron chi connectivity index (χ3n) is 3.61. The molecule has 0 unspecified atom stereocenters. The molecule has 1 heterocycles. The fraction of sp³-hybridized carbons (Fsp3) is 0.118. The van der Waals surface area contributed by atoms with E-state index in [2.05, 4.69) is 11.1 Å². The molecule has 2 aromatic carbocycles. The summed E-state index contributed by atoms with van der Waals surface area (Å²) in [6, 6.07) is 14.8. The van der Waals surface area contributed by atoms with E-state index < -0.39 is 10.0 Å². The Morgan fingerprint density at radius 1 is 1.13 bits per heavy atom. The van der Waals surface area contributed by atoms with Gasteiger partial charge in [0.2, 0.25) is 10.0 Å². The highest BCUT2D eigenvalue weighted by atomic mass is 32.2. The summed E-state index contributed by atoms with van der Waals surface area (Å²) in [5.41, 5.74) is 4.03. The minimum Gasteiger partial charge on any atom is -0.303 e. The largest absolute Gasteiger partial charge is 0.303 e. The Labute approximate surface area is 135 Å². The predicted molar refractivity (Wildman–Crippen MR) is 88.9 cm³/mol. The number of aromatic nitrogens is 2. The number of imidazole rings is 1. The van der Waals surface area contributed by atoms with E-state index in [1.807, 2.05) is 35.8 Å². The van der Waals surface area contributed by atoms with Crippen molar-refractivity contribution in [2.45, 2.75) is 18.2 Å². The molecule has 6 heteroatoms. The first kappa shape index (κ1) is 15.5. The van der Waals surface area contributed by atoms with Gasteiger partial charge in [0.15, 0.2) is 0 Å². The van der Waals surface area contributed by atoms with Crippen LogP contribution in [0.5, 0.6) is 0 Å². The summed E-state index contributed by atoms with van der Waals surface area (Å²) in [6.45, 7) is 2.04. The third-order valence-corrected chi connectivity index (χ3v) is 4.52. The molecule has 2 N–H and O–H groups in total. The molecule has 0 atom stereocenters. The topological polar surface area (TPSA) is 78.0 Å². The summed E-state index contributed by atoms with van der Waals surface area (Å²) in [4.78, 5) is 4.34. The summed E-state index contributed by atoms with van der Waals surface area (Å²) < 4.78 is 24.9. The van der Waals surface area contributed by atoms with E-state index in [1.54, 1.807) is 24.7 Å². The van der Waals surface area contributed by atoms with Crippen molar-refractivity contribution in [2.24, 2.45) is 5.14 Å². The van der Waals surface area contributed by atoms with E-state index in [4.69, 9.17) is 5.14 Å². The molecule has 0 radical (unpaired) electrons. The van der Waals surface area contributed by atoms with Gasteiger partial charge in [0.1, 0.15) is 0 Å². The van der Waals surface area contributed by atoms with Gasteiger partial charge in [0.05, 0.1) is 11.2 Å². The first-order chi connectivity index (χ1) is 10.9. The third kappa shape index (κ3) is 3.49. The Kier molecular flexibility index (Phi) is 4.02. The van der Waals surface area contributed by atoms with Crippen LogP contribution in [0.15, 0.2) is 66.0 Å². The minimum atomic E-state index is -3.69. The fourth-order valence-corrected chi connectivity index (χ4v) is 3.09. The van der Waals surface area contributed by atoms with Gasteiger partial charge in [-0.15, -0.1) is 0 Å². The molecule has 5 nitrogen and oxygen atoms in total. The van der Waals surface area contributed by atoms with Crippen LogP contribution < -0.4 is 5.14 Å². The summed E-state index contributed by atoms with van der Waals surface area (Å²) in [5.74, 6) is 0. The quantitative estimate of drug-likeness (QED) is 0.799. The molecule has 3 rings (SSSR count). The monoisotopic (exact) mass is 327 g/mol. The van der Waals surface area contributed by atoms with Crippen LogP contribution in [-0.2, 0) is 16.4 Å². The van der Waals surface area contributed by atoms with Gasteiger partial charge in [-0.1, -0.05) is 24.3 Å². The van der Waals surface area contributed by atoms with E-state index in [-0.39, 0.29) is 4.90 Å². The maximum absolute atomic E-state index is 11.5. The number of nitrogens with two attached hydrogens (primary N) is 1. The lowest BCUT2D eigenvalue weighted by Crippen LogP contribution is -2.12. The van der Waals surface area contributed by atoms with Gasteiger partial charge in [0.25, 0.3) is 0 Å². The zero-order chi connectivity index (χ0) is 16.4. The van der Waals surface area contributed by atoms with Gasteiger partial charge in [0, 0.05) is 24.0 Å². The van der Waals surface area contributed by atoms with E-state index in [0.717, 1.165) is 16.9 Å². The summed E-state index contributed by atoms with van der Waals surface area (Å²) in [6.07, 6.45) is 4.11. The number of nitrogens with zero attached hydrogens (tertiary/aromatic N) is 2. The van der Waals surface area contributed by atoms with Crippen LogP contribution in [0.1, 0.15) is 16.8 Å². The van der Waals surface area contributed by atoms with Gasteiger partial charge < -0.3 is 4.57 Å². The van der Waals surface area contributed by atoms with Crippen molar-refractivity contribution in [3.8, 4) is 5.69 Å². The number of hydrogen-bond acceptors (Lipinski definition) is 3. The molecule has 3 aromatic rings. The van der Waals surface area contributed by atoms with Crippen LogP contribution in [-0.4, -0.2) is 18.0 Å². The molecule has 0 fully saturated rings. The molecule has 0 aliphatic rings. The van der Waals surface area contributed by atoms with Crippen LogP contribution in [0.2, 0.25) is 0 Å². The number of rotatable bonds is 4.